The first-order valence-corrected chi connectivity index (χ1v) is 8.11. The fraction of sp³-hybridized carbons (Fsp3) is 0.500. The number of nitrogens with zero attached hydrogens (tertiary/aromatic N) is 1. The van der Waals surface area contributed by atoms with Gasteiger partial charge in [0.05, 0.1) is 0 Å². The van der Waals surface area contributed by atoms with Crippen LogP contribution in [0.2, 0.25) is 0 Å². The highest BCUT2D eigenvalue weighted by Crippen LogP contribution is 2.22. The van der Waals surface area contributed by atoms with Crippen LogP contribution in [0.3, 0.4) is 0 Å². The third-order valence-electron chi connectivity index (χ3n) is 4.91. The second-order valence-electron chi connectivity index (χ2n) is 6.42. The first-order valence-electron chi connectivity index (χ1n) is 8.11. The van der Waals surface area contributed by atoms with E-state index in [1.54, 1.807) is 6.92 Å². The predicted molar refractivity (Wildman–Crippen MR) is 89.9 cm³/mol. The number of hydrogen-bond acceptors (Lipinski definition) is 2. The molecule has 22 heavy (non-hydrogen) atoms. The van der Waals surface area contributed by atoms with Gasteiger partial charge in [0.15, 0.2) is 0 Å². The standard InChI is InChI=1S/C18H25N3O/c1-12-13(2)20-18-5-4-15(10-17(12)18)11-19-16-6-8-21(9-7-16)14(3)22/h4-5,10,16,19-20H,6-9,11H2,1-3H3. The molecule has 0 bridgehead atoms. The summed E-state index contributed by atoms with van der Waals surface area (Å²) in [5, 5.41) is 4.96. The van der Waals surface area contributed by atoms with E-state index in [0.717, 1.165) is 32.5 Å². The van der Waals surface area contributed by atoms with E-state index in [9.17, 15) is 4.79 Å². The van der Waals surface area contributed by atoms with Crippen LogP contribution in [0.4, 0.5) is 0 Å². The number of benzene rings is 1. The van der Waals surface area contributed by atoms with Crippen LogP contribution in [0.25, 0.3) is 10.9 Å². The Morgan fingerprint density at radius 1 is 1.32 bits per heavy atom. The molecular formula is C18H25N3O. The summed E-state index contributed by atoms with van der Waals surface area (Å²) in [6.07, 6.45) is 2.09. The third kappa shape index (κ3) is 3.02. The van der Waals surface area contributed by atoms with Crippen LogP contribution in [-0.4, -0.2) is 34.9 Å². The molecule has 0 aliphatic carbocycles. The van der Waals surface area contributed by atoms with Crippen LogP contribution in [0.15, 0.2) is 18.2 Å². The molecular weight excluding hydrogens is 274 g/mol. The monoisotopic (exact) mass is 299 g/mol. The average Bonchev–Trinajstić information content (AvgIpc) is 2.80. The number of H-pyrrole nitrogens is 1. The van der Waals surface area contributed by atoms with Gasteiger partial charge in [-0.25, -0.2) is 0 Å². The maximum atomic E-state index is 11.3. The Bertz CT molecular complexity index is 681. The van der Waals surface area contributed by atoms with E-state index in [1.807, 2.05) is 4.90 Å². The molecule has 0 atom stereocenters. The van der Waals surface area contributed by atoms with Gasteiger partial charge < -0.3 is 15.2 Å². The lowest BCUT2D eigenvalue weighted by atomic mass is 10.0. The van der Waals surface area contributed by atoms with Crippen molar-refractivity contribution in [2.75, 3.05) is 13.1 Å². The Hall–Kier alpha value is -1.81. The minimum absolute atomic E-state index is 0.196. The first kappa shape index (κ1) is 15.1. The van der Waals surface area contributed by atoms with Crippen molar-refractivity contribution in [3.05, 3.63) is 35.0 Å². The number of amides is 1. The van der Waals surface area contributed by atoms with Gasteiger partial charge in [-0.05, 0) is 49.9 Å². The van der Waals surface area contributed by atoms with Crippen LogP contribution in [0.1, 0.15) is 36.6 Å². The summed E-state index contributed by atoms with van der Waals surface area (Å²) in [6, 6.07) is 7.16. The minimum atomic E-state index is 0.196. The van der Waals surface area contributed by atoms with Gasteiger partial charge in [0.1, 0.15) is 0 Å². The van der Waals surface area contributed by atoms with Gasteiger partial charge in [-0.1, -0.05) is 6.07 Å². The van der Waals surface area contributed by atoms with E-state index < -0.39 is 0 Å². The molecule has 0 unspecified atom stereocenters. The number of likely N-dealkylation sites (tertiary alicyclic amines) is 1. The minimum Gasteiger partial charge on any atom is -0.358 e. The lowest BCUT2D eigenvalue weighted by Gasteiger charge is -2.31. The van der Waals surface area contributed by atoms with Crippen LogP contribution in [0.5, 0.6) is 0 Å². The van der Waals surface area contributed by atoms with Crippen LogP contribution < -0.4 is 5.32 Å². The third-order valence-corrected chi connectivity index (χ3v) is 4.91. The molecule has 1 aliphatic heterocycles. The molecule has 0 radical (unpaired) electrons. The SMILES string of the molecule is CC(=O)N1CCC(NCc2ccc3[nH]c(C)c(C)c3c2)CC1. The molecule has 0 saturated carbocycles. The lowest BCUT2D eigenvalue weighted by molar-refractivity contribution is -0.129. The normalized spacial score (nSPS) is 16.4. The van der Waals surface area contributed by atoms with Crippen molar-refractivity contribution in [3.63, 3.8) is 0 Å². The summed E-state index contributed by atoms with van der Waals surface area (Å²) in [7, 11) is 0. The van der Waals surface area contributed by atoms with Crippen molar-refractivity contribution in [3.8, 4) is 0 Å². The van der Waals surface area contributed by atoms with E-state index in [4.69, 9.17) is 0 Å². The number of carbonyl (C=O) groups excluding carboxylic acids is 1. The fourth-order valence-corrected chi connectivity index (χ4v) is 3.28. The maximum Gasteiger partial charge on any atom is 0.219 e. The molecule has 1 saturated heterocycles. The molecule has 2 heterocycles. The largest absolute Gasteiger partial charge is 0.358 e. The molecule has 1 aromatic carbocycles. The highest BCUT2D eigenvalue weighted by atomic mass is 16.2. The molecule has 1 aromatic heterocycles. The number of fused-ring (bicyclic) bond motifs is 1. The van der Waals surface area contributed by atoms with Crippen molar-refractivity contribution in [2.45, 2.75) is 46.2 Å². The van der Waals surface area contributed by atoms with Gasteiger partial charge in [-0.2, -0.15) is 0 Å². The second-order valence-corrected chi connectivity index (χ2v) is 6.42. The first-order chi connectivity index (χ1) is 10.5. The smallest absolute Gasteiger partial charge is 0.219 e. The number of aromatic nitrogens is 1. The summed E-state index contributed by atoms with van der Waals surface area (Å²) < 4.78 is 0. The van der Waals surface area contributed by atoms with Crippen molar-refractivity contribution in [2.24, 2.45) is 0 Å². The van der Waals surface area contributed by atoms with Gasteiger partial charge in [0.25, 0.3) is 0 Å². The summed E-state index contributed by atoms with van der Waals surface area (Å²) in [5.41, 5.74) is 5.13. The van der Waals surface area contributed by atoms with Crippen LogP contribution in [-0.2, 0) is 11.3 Å². The summed E-state index contributed by atoms with van der Waals surface area (Å²) >= 11 is 0. The quantitative estimate of drug-likeness (QED) is 0.915. The van der Waals surface area contributed by atoms with Gasteiger partial charge in [0, 0.05) is 49.2 Å². The Morgan fingerprint density at radius 3 is 2.73 bits per heavy atom. The lowest BCUT2D eigenvalue weighted by Crippen LogP contribution is -2.43. The van der Waals surface area contributed by atoms with Crippen molar-refractivity contribution < 1.29 is 4.79 Å². The summed E-state index contributed by atoms with van der Waals surface area (Å²) in [4.78, 5) is 16.7. The number of aryl methyl sites for hydroxylation is 2. The topological polar surface area (TPSA) is 48.1 Å². The fourth-order valence-electron chi connectivity index (χ4n) is 3.28. The highest BCUT2D eigenvalue weighted by molar-refractivity contribution is 5.85. The van der Waals surface area contributed by atoms with Crippen molar-refractivity contribution in [1.29, 1.82) is 0 Å². The Kier molecular flexibility index (Phi) is 4.21. The molecule has 4 nitrogen and oxygen atoms in total. The number of aromatic amines is 1. The molecule has 2 aromatic rings. The maximum absolute atomic E-state index is 11.3. The zero-order valence-corrected chi connectivity index (χ0v) is 13.7. The number of carbonyl (C=O) groups is 1. The van der Waals surface area contributed by atoms with E-state index >= 15 is 0 Å². The summed E-state index contributed by atoms with van der Waals surface area (Å²) in [6.45, 7) is 8.59. The highest BCUT2D eigenvalue weighted by Gasteiger charge is 2.20. The van der Waals surface area contributed by atoms with Gasteiger partial charge in [-0.3, -0.25) is 4.79 Å². The van der Waals surface area contributed by atoms with E-state index in [-0.39, 0.29) is 5.91 Å². The Morgan fingerprint density at radius 2 is 2.05 bits per heavy atom. The average molecular weight is 299 g/mol. The van der Waals surface area contributed by atoms with E-state index in [1.165, 1.54) is 27.7 Å². The zero-order chi connectivity index (χ0) is 15.7. The Labute approximate surface area is 131 Å². The molecule has 1 amide bonds. The number of rotatable bonds is 3. The molecule has 118 valence electrons. The molecule has 1 fully saturated rings. The van der Waals surface area contributed by atoms with E-state index in [2.05, 4.69) is 42.3 Å². The zero-order valence-electron chi connectivity index (χ0n) is 13.7. The number of piperidine rings is 1. The van der Waals surface area contributed by atoms with Crippen molar-refractivity contribution in [1.82, 2.24) is 15.2 Å². The molecule has 1 aliphatic rings. The summed E-state index contributed by atoms with van der Waals surface area (Å²) in [5.74, 6) is 0.196. The van der Waals surface area contributed by atoms with E-state index in [0.29, 0.717) is 6.04 Å². The van der Waals surface area contributed by atoms with Crippen LogP contribution in [0, 0.1) is 13.8 Å². The Balaban J connectivity index is 1.60. The van der Waals surface area contributed by atoms with Crippen LogP contribution >= 0.6 is 0 Å². The predicted octanol–water partition coefficient (Wildman–Crippen LogP) is 2.89. The van der Waals surface area contributed by atoms with Gasteiger partial charge in [0.2, 0.25) is 5.91 Å². The van der Waals surface area contributed by atoms with Gasteiger partial charge >= 0.3 is 0 Å². The molecule has 3 rings (SSSR count). The number of nitrogens with one attached hydrogen (secondary N) is 2. The molecule has 4 heteroatoms. The molecule has 2 N–H and O–H groups in total. The van der Waals surface area contributed by atoms with Gasteiger partial charge in [-0.15, -0.1) is 0 Å². The number of hydrogen-bond donors (Lipinski definition) is 2. The van der Waals surface area contributed by atoms with Crippen molar-refractivity contribution >= 4 is 16.8 Å². The second kappa shape index (κ2) is 6.13. The molecule has 0 spiro atoms.